The van der Waals surface area contributed by atoms with Gasteiger partial charge in [-0.15, -0.1) is 10.2 Å². The lowest BCUT2D eigenvalue weighted by Gasteiger charge is -2.12. The molecule has 0 aliphatic rings. The molecule has 0 bridgehead atoms. The molecule has 0 aliphatic carbocycles. The Kier molecular flexibility index (Phi) is 5.38. The molecular weight excluding hydrogens is 268 g/mol. The second-order valence-electron chi connectivity index (χ2n) is 4.69. The standard InChI is InChI=1S/C15H20N4S/c1-12(2)19-14(11-16)17-18-15(19)20-10-6-9-13-7-4-3-5-8-13/h3-9,12H,10-11,16H2,1-2H3. The van der Waals surface area contributed by atoms with Crippen LogP contribution in [0.5, 0.6) is 0 Å². The van der Waals surface area contributed by atoms with Crippen LogP contribution >= 0.6 is 11.8 Å². The summed E-state index contributed by atoms with van der Waals surface area (Å²) in [5.74, 6) is 1.71. The highest BCUT2D eigenvalue weighted by Crippen LogP contribution is 2.21. The summed E-state index contributed by atoms with van der Waals surface area (Å²) in [5, 5.41) is 9.28. The molecule has 0 atom stereocenters. The fourth-order valence-corrected chi connectivity index (χ4v) is 2.83. The van der Waals surface area contributed by atoms with Gasteiger partial charge in [0.2, 0.25) is 0 Å². The van der Waals surface area contributed by atoms with Crippen molar-refractivity contribution in [3.63, 3.8) is 0 Å². The minimum absolute atomic E-state index is 0.323. The predicted molar refractivity (Wildman–Crippen MR) is 84.5 cm³/mol. The fraction of sp³-hybridized carbons (Fsp3) is 0.333. The third-order valence-corrected chi connectivity index (χ3v) is 3.75. The summed E-state index contributed by atoms with van der Waals surface area (Å²) in [4.78, 5) is 0. The van der Waals surface area contributed by atoms with Gasteiger partial charge in [-0.2, -0.15) is 0 Å². The molecule has 20 heavy (non-hydrogen) atoms. The number of aromatic nitrogens is 3. The summed E-state index contributed by atoms with van der Waals surface area (Å²) >= 11 is 1.68. The van der Waals surface area contributed by atoms with Crippen LogP contribution in [0.25, 0.3) is 6.08 Å². The van der Waals surface area contributed by atoms with Crippen LogP contribution in [0.2, 0.25) is 0 Å². The van der Waals surface area contributed by atoms with Crippen LogP contribution in [0, 0.1) is 0 Å². The fourth-order valence-electron chi connectivity index (χ4n) is 1.93. The molecule has 0 spiro atoms. The Morgan fingerprint density at radius 1 is 1.25 bits per heavy atom. The van der Waals surface area contributed by atoms with E-state index in [0.717, 1.165) is 16.7 Å². The molecule has 5 heteroatoms. The SMILES string of the molecule is CC(C)n1c(CN)nnc1SCC=Cc1ccccc1. The van der Waals surface area contributed by atoms with Crippen molar-refractivity contribution < 1.29 is 0 Å². The predicted octanol–water partition coefficient (Wildman–Crippen LogP) is 3.12. The molecule has 0 saturated carbocycles. The lowest BCUT2D eigenvalue weighted by molar-refractivity contribution is 0.526. The highest BCUT2D eigenvalue weighted by molar-refractivity contribution is 7.99. The summed E-state index contributed by atoms with van der Waals surface area (Å²) in [5.41, 5.74) is 6.90. The molecular formula is C15H20N4S. The number of thioether (sulfide) groups is 1. The highest BCUT2D eigenvalue weighted by Gasteiger charge is 2.13. The number of hydrogen-bond acceptors (Lipinski definition) is 4. The van der Waals surface area contributed by atoms with Gasteiger partial charge in [0.1, 0.15) is 5.82 Å². The Bertz CT molecular complexity index is 561. The second-order valence-corrected chi connectivity index (χ2v) is 5.68. The van der Waals surface area contributed by atoms with Crippen molar-refractivity contribution in [1.29, 1.82) is 0 Å². The van der Waals surface area contributed by atoms with Crippen molar-refractivity contribution in [3.8, 4) is 0 Å². The first-order valence-electron chi connectivity index (χ1n) is 6.70. The molecule has 0 fully saturated rings. The van der Waals surface area contributed by atoms with E-state index in [2.05, 4.69) is 52.9 Å². The first kappa shape index (κ1) is 14.8. The maximum absolute atomic E-state index is 5.69. The molecule has 2 rings (SSSR count). The van der Waals surface area contributed by atoms with Gasteiger partial charge in [0.15, 0.2) is 5.16 Å². The number of benzene rings is 1. The van der Waals surface area contributed by atoms with Crippen LogP contribution in [0.15, 0.2) is 41.6 Å². The van der Waals surface area contributed by atoms with Crippen LogP contribution in [-0.2, 0) is 6.54 Å². The number of nitrogens with zero attached hydrogens (tertiary/aromatic N) is 3. The van der Waals surface area contributed by atoms with E-state index in [1.54, 1.807) is 11.8 Å². The van der Waals surface area contributed by atoms with E-state index < -0.39 is 0 Å². The zero-order valence-electron chi connectivity index (χ0n) is 11.9. The summed E-state index contributed by atoms with van der Waals surface area (Å²) in [7, 11) is 0. The average molecular weight is 288 g/mol. The lowest BCUT2D eigenvalue weighted by atomic mass is 10.2. The molecule has 0 saturated heterocycles. The van der Waals surface area contributed by atoms with Crippen molar-refractivity contribution >= 4 is 17.8 Å². The van der Waals surface area contributed by atoms with Crippen LogP contribution in [0.3, 0.4) is 0 Å². The van der Waals surface area contributed by atoms with E-state index in [4.69, 9.17) is 5.73 Å². The maximum Gasteiger partial charge on any atom is 0.191 e. The van der Waals surface area contributed by atoms with Crippen LogP contribution < -0.4 is 5.73 Å². The van der Waals surface area contributed by atoms with Crippen molar-refractivity contribution in [1.82, 2.24) is 14.8 Å². The molecule has 0 aliphatic heterocycles. The monoisotopic (exact) mass is 288 g/mol. The molecule has 1 aromatic carbocycles. The zero-order chi connectivity index (χ0) is 14.4. The Morgan fingerprint density at radius 3 is 2.65 bits per heavy atom. The zero-order valence-corrected chi connectivity index (χ0v) is 12.7. The van der Waals surface area contributed by atoms with Gasteiger partial charge in [-0.3, -0.25) is 0 Å². The molecule has 0 radical (unpaired) electrons. The largest absolute Gasteiger partial charge is 0.324 e. The van der Waals surface area contributed by atoms with Crippen LogP contribution in [0.4, 0.5) is 0 Å². The van der Waals surface area contributed by atoms with Crippen molar-refractivity contribution in [2.45, 2.75) is 31.6 Å². The van der Waals surface area contributed by atoms with Gasteiger partial charge in [0.05, 0.1) is 6.54 Å². The van der Waals surface area contributed by atoms with Gasteiger partial charge in [-0.1, -0.05) is 54.2 Å². The Balaban J connectivity index is 1.98. The Morgan fingerprint density at radius 2 is 2.00 bits per heavy atom. The third kappa shape index (κ3) is 3.71. The summed E-state index contributed by atoms with van der Waals surface area (Å²) < 4.78 is 2.10. The van der Waals surface area contributed by atoms with Gasteiger partial charge in [-0.25, -0.2) is 0 Å². The second kappa shape index (κ2) is 7.26. The van der Waals surface area contributed by atoms with Gasteiger partial charge < -0.3 is 10.3 Å². The minimum atomic E-state index is 0.323. The van der Waals surface area contributed by atoms with E-state index in [1.165, 1.54) is 5.56 Å². The first-order chi connectivity index (χ1) is 9.72. The molecule has 0 amide bonds. The molecule has 1 aromatic heterocycles. The maximum atomic E-state index is 5.69. The van der Waals surface area contributed by atoms with E-state index in [0.29, 0.717) is 12.6 Å². The Labute approximate surface area is 124 Å². The van der Waals surface area contributed by atoms with Gasteiger partial charge in [0.25, 0.3) is 0 Å². The van der Waals surface area contributed by atoms with Crippen LogP contribution in [0.1, 0.15) is 31.3 Å². The van der Waals surface area contributed by atoms with Gasteiger partial charge in [0, 0.05) is 11.8 Å². The van der Waals surface area contributed by atoms with E-state index in [-0.39, 0.29) is 0 Å². The topological polar surface area (TPSA) is 56.7 Å². The number of nitrogens with two attached hydrogens (primary N) is 1. The van der Waals surface area contributed by atoms with Crippen LogP contribution in [-0.4, -0.2) is 20.5 Å². The molecule has 1 heterocycles. The number of hydrogen-bond donors (Lipinski definition) is 1. The molecule has 2 aromatic rings. The first-order valence-corrected chi connectivity index (χ1v) is 7.69. The minimum Gasteiger partial charge on any atom is -0.324 e. The lowest BCUT2D eigenvalue weighted by Crippen LogP contribution is -2.11. The highest BCUT2D eigenvalue weighted by atomic mass is 32.2. The van der Waals surface area contributed by atoms with Crippen molar-refractivity contribution in [3.05, 3.63) is 47.8 Å². The molecule has 0 unspecified atom stereocenters. The third-order valence-electron chi connectivity index (χ3n) is 2.85. The quantitative estimate of drug-likeness (QED) is 0.830. The summed E-state index contributed by atoms with van der Waals surface area (Å²) in [6.45, 7) is 4.66. The molecule has 2 N–H and O–H groups in total. The van der Waals surface area contributed by atoms with Gasteiger partial charge >= 0.3 is 0 Å². The average Bonchev–Trinajstić information content (AvgIpc) is 2.88. The van der Waals surface area contributed by atoms with E-state index in [9.17, 15) is 0 Å². The van der Waals surface area contributed by atoms with E-state index >= 15 is 0 Å². The smallest absolute Gasteiger partial charge is 0.191 e. The van der Waals surface area contributed by atoms with Crippen molar-refractivity contribution in [2.75, 3.05) is 5.75 Å². The summed E-state index contributed by atoms with van der Waals surface area (Å²) in [6, 6.07) is 10.6. The molecule has 4 nitrogen and oxygen atoms in total. The van der Waals surface area contributed by atoms with Crippen molar-refractivity contribution in [2.24, 2.45) is 5.73 Å². The normalized spacial score (nSPS) is 11.6. The van der Waals surface area contributed by atoms with Gasteiger partial charge in [-0.05, 0) is 19.4 Å². The van der Waals surface area contributed by atoms with E-state index in [1.807, 2.05) is 18.2 Å². The summed E-state index contributed by atoms with van der Waals surface area (Å²) in [6.07, 6.45) is 4.26. The Hall–Kier alpha value is -1.59. The molecule has 106 valence electrons. The number of rotatable bonds is 6.